The van der Waals surface area contributed by atoms with Crippen molar-refractivity contribution in [2.24, 2.45) is 0 Å². The fraction of sp³-hybridized carbons (Fsp3) is 0.448. The highest BCUT2D eigenvalue weighted by Gasteiger charge is 2.29. The lowest BCUT2D eigenvalue weighted by Gasteiger charge is -2.32. The highest BCUT2D eigenvalue weighted by molar-refractivity contribution is 5.81. The first-order chi connectivity index (χ1) is 17.5. The van der Waals surface area contributed by atoms with Crippen molar-refractivity contribution < 1.29 is 0 Å². The summed E-state index contributed by atoms with van der Waals surface area (Å²) in [4.78, 5) is 18.7. The summed E-state index contributed by atoms with van der Waals surface area (Å²) in [5.41, 5.74) is 5.15. The number of H-pyrrole nitrogens is 1. The summed E-state index contributed by atoms with van der Waals surface area (Å²) in [7, 11) is 0. The first-order valence-corrected chi connectivity index (χ1v) is 13.2. The van der Waals surface area contributed by atoms with Gasteiger partial charge in [-0.2, -0.15) is 0 Å². The van der Waals surface area contributed by atoms with Crippen LogP contribution in [0.15, 0.2) is 53.3 Å². The minimum absolute atomic E-state index is 0.00386. The van der Waals surface area contributed by atoms with Gasteiger partial charge in [-0.05, 0) is 66.1 Å². The van der Waals surface area contributed by atoms with E-state index in [9.17, 15) is 4.79 Å². The van der Waals surface area contributed by atoms with Gasteiger partial charge in [0.2, 0.25) is 0 Å². The first-order valence-electron chi connectivity index (χ1n) is 13.2. The van der Waals surface area contributed by atoms with E-state index in [0.29, 0.717) is 19.1 Å². The van der Waals surface area contributed by atoms with Gasteiger partial charge in [-0.15, -0.1) is 5.10 Å². The largest absolute Gasteiger partial charge is 0.321 e. The summed E-state index contributed by atoms with van der Waals surface area (Å²) in [6, 6.07) is 17.2. The molecule has 36 heavy (non-hydrogen) atoms. The number of fused-ring (bicyclic) bond motifs is 1. The van der Waals surface area contributed by atoms with E-state index in [4.69, 9.17) is 0 Å². The average molecular weight is 485 g/mol. The Morgan fingerprint density at radius 1 is 1.06 bits per heavy atom. The minimum Gasteiger partial charge on any atom is -0.321 e. The minimum atomic E-state index is -0.0348. The zero-order chi connectivity index (χ0) is 25.1. The van der Waals surface area contributed by atoms with Crippen molar-refractivity contribution in [1.29, 1.82) is 0 Å². The fourth-order valence-electron chi connectivity index (χ4n) is 5.58. The number of hydrogen-bond acceptors (Lipinski definition) is 5. The van der Waals surface area contributed by atoms with Gasteiger partial charge in [0.1, 0.15) is 0 Å². The number of hydrogen-bond donors (Lipinski definition) is 1. The van der Waals surface area contributed by atoms with E-state index in [1.807, 2.05) is 25.1 Å². The first kappa shape index (κ1) is 24.4. The molecule has 1 aliphatic carbocycles. The molecule has 2 aromatic heterocycles. The number of benzene rings is 2. The lowest BCUT2D eigenvalue weighted by atomic mass is 9.95. The number of nitrogens with zero attached hydrogens (tertiary/aromatic N) is 5. The van der Waals surface area contributed by atoms with Gasteiger partial charge >= 0.3 is 0 Å². The quantitative estimate of drug-likeness (QED) is 0.342. The van der Waals surface area contributed by atoms with E-state index in [1.165, 1.54) is 30.4 Å². The van der Waals surface area contributed by atoms with Crippen molar-refractivity contribution in [2.75, 3.05) is 0 Å². The van der Waals surface area contributed by atoms with Crippen LogP contribution in [0.25, 0.3) is 10.9 Å². The molecule has 1 N–H and O–H groups in total. The topological polar surface area (TPSA) is 79.7 Å². The Balaban J connectivity index is 1.53. The maximum atomic E-state index is 13.2. The Morgan fingerprint density at radius 2 is 1.83 bits per heavy atom. The maximum absolute atomic E-state index is 13.2. The van der Waals surface area contributed by atoms with Gasteiger partial charge in [0.05, 0.1) is 17.6 Å². The number of aromatic amines is 1. The Bertz CT molecular complexity index is 1370. The molecule has 1 aliphatic rings. The molecule has 1 saturated carbocycles. The van der Waals surface area contributed by atoms with Crippen molar-refractivity contribution in [3.63, 3.8) is 0 Å². The molecular formula is C29H36N6O. The van der Waals surface area contributed by atoms with Gasteiger partial charge in [0.15, 0.2) is 5.82 Å². The zero-order valence-electron chi connectivity index (χ0n) is 21.6. The fourth-order valence-corrected chi connectivity index (χ4v) is 5.58. The second-order valence-electron chi connectivity index (χ2n) is 10.3. The standard InChI is InChI=1S/C29H36N6O/c1-4-26(28-31-32-33-35(28)25-11-6-5-7-12-25)34(18-22-15-13-20(2)14-16-22)19-24-17-23-10-8-9-21(3)27(23)30-29(24)36/h8-10,13-17,25-26H,4-7,11-12,18-19H2,1-3H3,(H,30,36)/t26-/m1/s1. The van der Waals surface area contributed by atoms with E-state index in [-0.39, 0.29) is 11.6 Å². The summed E-state index contributed by atoms with van der Waals surface area (Å²) in [5, 5.41) is 14.2. The lowest BCUT2D eigenvalue weighted by Crippen LogP contribution is -2.33. The molecule has 1 fully saturated rings. The van der Waals surface area contributed by atoms with Gasteiger partial charge in [-0.3, -0.25) is 9.69 Å². The van der Waals surface area contributed by atoms with Crippen LogP contribution in [0, 0.1) is 13.8 Å². The molecule has 2 aromatic carbocycles. The number of tetrazole rings is 1. The van der Waals surface area contributed by atoms with Crippen LogP contribution >= 0.6 is 0 Å². The van der Waals surface area contributed by atoms with Crippen LogP contribution in [-0.2, 0) is 13.1 Å². The van der Waals surface area contributed by atoms with Gasteiger partial charge in [0.25, 0.3) is 5.56 Å². The third-order valence-corrected chi connectivity index (χ3v) is 7.61. The number of aryl methyl sites for hydroxylation is 2. The molecule has 188 valence electrons. The van der Waals surface area contributed by atoms with Crippen LogP contribution in [0.1, 0.15) is 85.6 Å². The molecular weight excluding hydrogens is 448 g/mol. The monoisotopic (exact) mass is 484 g/mol. The van der Waals surface area contributed by atoms with Gasteiger partial charge in [0, 0.05) is 18.7 Å². The van der Waals surface area contributed by atoms with E-state index < -0.39 is 0 Å². The van der Waals surface area contributed by atoms with Gasteiger partial charge < -0.3 is 4.98 Å². The molecule has 7 nitrogen and oxygen atoms in total. The number of aromatic nitrogens is 5. The molecule has 0 saturated heterocycles. The lowest BCUT2D eigenvalue weighted by molar-refractivity contribution is 0.155. The van der Waals surface area contributed by atoms with E-state index in [1.54, 1.807) is 0 Å². The Kier molecular flexibility index (Phi) is 7.28. The van der Waals surface area contributed by atoms with Gasteiger partial charge in [-0.25, -0.2) is 4.68 Å². The van der Waals surface area contributed by atoms with Crippen molar-refractivity contribution in [2.45, 2.75) is 84.5 Å². The van der Waals surface area contributed by atoms with Crippen LogP contribution < -0.4 is 5.56 Å². The maximum Gasteiger partial charge on any atom is 0.252 e. The van der Waals surface area contributed by atoms with Crippen LogP contribution in [0.5, 0.6) is 0 Å². The van der Waals surface area contributed by atoms with Crippen molar-refractivity contribution in [3.8, 4) is 0 Å². The molecule has 2 heterocycles. The smallest absolute Gasteiger partial charge is 0.252 e. The molecule has 4 aromatic rings. The average Bonchev–Trinajstić information content (AvgIpc) is 3.37. The summed E-state index contributed by atoms with van der Waals surface area (Å²) in [5.74, 6) is 0.907. The molecule has 0 aliphatic heterocycles. The number of nitrogens with one attached hydrogen (secondary N) is 1. The molecule has 7 heteroatoms. The second-order valence-corrected chi connectivity index (χ2v) is 10.3. The molecule has 0 amide bonds. The molecule has 5 rings (SSSR count). The van der Waals surface area contributed by atoms with Crippen LogP contribution in [0.3, 0.4) is 0 Å². The Morgan fingerprint density at radius 3 is 2.58 bits per heavy atom. The summed E-state index contributed by atoms with van der Waals surface area (Å²) >= 11 is 0. The molecule has 0 spiro atoms. The predicted octanol–water partition coefficient (Wildman–Crippen LogP) is 5.79. The van der Waals surface area contributed by atoms with E-state index >= 15 is 0 Å². The summed E-state index contributed by atoms with van der Waals surface area (Å²) in [6.45, 7) is 7.54. The second kappa shape index (κ2) is 10.7. The van der Waals surface area contributed by atoms with Crippen LogP contribution in [0.4, 0.5) is 0 Å². The van der Waals surface area contributed by atoms with Crippen LogP contribution in [-0.4, -0.2) is 30.1 Å². The van der Waals surface area contributed by atoms with Gasteiger partial charge in [-0.1, -0.05) is 74.2 Å². The van der Waals surface area contributed by atoms with E-state index in [0.717, 1.165) is 47.1 Å². The molecule has 1 atom stereocenters. The third-order valence-electron chi connectivity index (χ3n) is 7.61. The van der Waals surface area contributed by atoms with Crippen LogP contribution in [0.2, 0.25) is 0 Å². The Hall–Kier alpha value is -3.32. The molecule has 0 bridgehead atoms. The van der Waals surface area contributed by atoms with Crippen molar-refractivity contribution >= 4 is 10.9 Å². The van der Waals surface area contributed by atoms with E-state index in [2.05, 4.69) is 74.3 Å². The number of rotatable bonds is 8. The Labute approximate surface area is 212 Å². The summed E-state index contributed by atoms with van der Waals surface area (Å²) in [6.07, 6.45) is 6.82. The summed E-state index contributed by atoms with van der Waals surface area (Å²) < 4.78 is 2.07. The number of pyridine rings is 1. The van der Waals surface area contributed by atoms with Crippen molar-refractivity contribution in [1.82, 2.24) is 30.1 Å². The normalized spacial score (nSPS) is 15.6. The zero-order valence-corrected chi connectivity index (χ0v) is 21.6. The highest BCUT2D eigenvalue weighted by atomic mass is 16.1. The predicted molar refractivity (Wildman–Crippen MR) is 143 cm³/mol. The molecule has 0 unspecified atom stereocenters. The highest BCUT2D eigenvalue weighted by Crippen LogP contribution is 2.32. The SMILES string of the molecule is CC[C@H](c1nnnn1C1CCCCC1)N(Cc1ccc(C)cc1)Cc1cc2cccc(C)c2[nH]c1=O. The number of para-hydroxylation sites is 1. The van der Waals surface area contributed by atoms with Crippen molar-refractivity contribution in [3.05, 3.63) is 87.0 Å². The third kappa shape index (κ3) is 5.12. The molecule has 0 radical (unpaired) electrons.